The zero-order valence-electron chi connectivity index (χ0n) is 9.72. The van der Waals surface area contributed by atoms with E-state index in [0.29, 0.717) is 0 Å². The van der Waals surface area contributed by atoms with Gasteiger partial charge in [0.15, 0.2) is 5.75 Å². The highest BCUT2D eigenvalue weighted by Gasteiger charge is 2.20. The van der Waals surface area contributed by atoms with Crippen LogP contribution in [0.4, 0.5) is 5.69 Å². The molecule has 1 aromatic carbocycles. The summed E-state index contributed by atoms with van der Waals surface area (Å²) < 4.78 is 5.02. The van der Waals surface area contributed by atoms with Crippen molar-refractivity contribution in [2.45, 2.75) is 24.2 Å². The largest absolute Gasteiger partial charge is 0.490 e. The minimum atomic E-state index is -0.461. The molecule has 0 aliphatic heterocycles. The number of nitro benzene ring substituents is 1. The lowest BCUT2D eigenvalue weighted by atomic mass is 9.96. The first kappa shape index (κ1) is 13.9. The minimum Gasteiger partial charge on any atom is -0.490 e. The van der Waals surface area contributed by atoms with Gasteiger partial charge < -0.3 is 10.5 Å². The molecule has 2 atom stereocenters. The number of hydrogen-bond donors (Lipinski definition) is 1. The number of hydrogen-bond acceptors (Lipinski definition) is 4. The number of rotatable bonds is 5. The highest BCUT2D eigenvalue weighted by Crippen LogP contribution is 2.33. The Hall–Kier alpha value is -1.14. The van der Waals surface area contributed by atoms with Crippen molar-refractivity contribution in [3.8, 4) is 5.75 Å². The Morgan fingerprint density at radius 3 is 2.65 bits per heavy atom. The Labute approximate surface area is 108 Å². The highest BCUT2D eigenvalue weighted by atomic mass is 79.9. The van der Waals surface area contributed by atoms with Gasteiger partial charge in [0.2, 0.25) is 0 Å². The summed E-state index contributed by atoms with van der Waals surface area (Å²) in [4.78, 5) is 10.1. The van der Waals surface area contributed by atoms with Crippen LogP contribution in [0.3, 0.4) is 0 Å². The molecule has 0 heterocycles. The lowest BCUT2D eigenvalue weighted by Gasteiger charge is -2.18. The molecule has 0 bridgehead atoms. The van der Waals surface area contributed by atoms with Crippen LogP contribution in [0.1, 0.15) is 24.8 Å². The van der Waals surface area contributed by atoms with Crippen LogP contribution in [0, 0.1) is 10.1 Å². The molecule has 0 fully saturated rings. The Balaban J connectivity index is 3.16. The number of halogens is 1. The van der Waals surface area contributed by atoms with Crippen molar-refractivity contribution in [1.82, 2.24) is 0 Å². The quantitative estimate of drug-likeness (QED) is 0.392. The van der Waals surface area contributed by atoms with Crippen molar-refractivity contribution in [2.75, 3.05) is 7.11 Å². The molecule has 2 N–H and O–H groups in total. The molecule has 0 aromatic heterocycles. The van der Waals surface area contributed by atoms with Crippen molar-refractivity contribution in [2.24, 2.45) is 5.73 Å². The lowest BCUT2D eigenvalue weighted by molar-refractivity contribution is -0.385. The van der Waals surface area contributed by atoms with Gasteiger partial charge in [-0.2, -0.15) is 0 Å². The topological polar surface area (TPSA) is 78.4 Å². The summed E-state index contributed by atoms with van der Waals surface area (Å²) in [5.41, 5.74) is 6.71. The maximum Gasteiger partial charge on any atom is 0.310 e. The second-order valence-electron chi connectivity index (χ2n) is 3.65. The molecule has 5 nitrogen and oxygen atoms in total. The fourth-order valence-corrected chi connectivity index (χ4v) is 2.40. The molecule has 2 unspecified atom stereocenters. The lowest BCUT2D eigenvalue weighted by Crippen LogP contribution is -2.21. The Morgan fingerprint density at radius 1 is 1.59 bits per heavy atom. The van der Waals surface area contributed by atoms with Crippen LogP contribution < -0.4 is 10.5 Å². The summed E-state index contributed by atoms with van der Waals surface area (Å²) in [6, 6.07) is 4.84. The third-order valence-corrected chi connectivity index (χ3v) is 3.29. The predicted octanol–water partition coefficient (Wildman–Crippen LogP) is 2.78. The third kappa shape index (κ3) is 3.17. The highest BCUT2D eigenvalue weighted by molar-refractivity contribution is 9.09. The van der Waals surface area contributed by atoms with E-state index >= 15 is 0 Å². The maximum atomic E-state index is 10.8. The van der Waals surface area contributed by atoms with Crippen LogP contribution in [0.2, 0.25) is 0 Å². The zero-order valence-corrected chi connectivity index (χ0v) is 11.3. The van der Waals surface area contributed by atoms with E-state index in [-0.39, 0.29) is 22.3 Å². The summed E-state index contributed by atoms with van der Waals surface area (Å²) in [6.45, 7) is 2.01. The molecular formula is C11H15BrN2O3. The number of benzene rings is 1. The van der Waals surface area contributed by atoms with Gasteiger partial charge in [-0.15, -0.1) is 0 Å². The van der Waals surface area contributed by atoms with Crippen LogP contribution in [0.5, 0.6) is 5.75 Å². The first-order valence-corrected chi connectivity index (χ1v) is 6.14. The van der Waals surface area contributed by atoms with E-state index in [2.05, 4.69) is 15.9 Å². The van der Waals surface area contributed by atoms with Crippen molar-refractivity contribution in [3.63, 3.8) is 0 Å². The first-order valence-electron chi connectivity index (χ1n) is 5.23. The van der Waals surface area contributed by atoms with Crippen LogP contribution in [-0.4, -0.2) is 17.0 Å². The van der Waals surface area contributed by atoms with E-state index in [1.807, 2.05) is 6.92 Å². The molecule has 0 amide bonds. The summed E-state index contributed by atoms with van der Waals surface area (Å²) in [7, 11) is 1.42. The number of nitrogens with two attached hydrogens (primary N) is 1. The molecule has 0 aliphatic carbocycles. The summed E-state index contributed by atoms with van der Waals surface area (Å²) >= 11 is 3.33. The number of alkyl halides is 1. The Kier molecular flexibility index (Phi) is 4.89. The van der Waals surface area contributed by atoms with Crippen LogP contribution in [-0.2, 0) is 0 Å². The Morgan fingerprint density at radius 2 is 2.24 bits per heavy atom. The number of ether oxygens (including phenoxy) is 1. The van der Waals surface area contributed by atoms with Gasteiger partial charge in [-0.25, -0.2) is 0 Å². The molecule has 0 aliphatic rings. The second-order valence-corrected chi connectivity index (χ2v) is 4.70. The molecule has 1 aromatic rings. The molecule has 6 heteroatoms. The number of nitro groups is 1. The normalized spacial score (nSPS) is 14.1. The molecule has 1 rings (SSSR count). The molecule has 17 heavy (non-hydrogen) atoms. The van der Waals surface area contributed by atoms with E-state index < -0.39 is 4.92 Å². The van der Waals surface area contributed by atoms with E-state index in [1.165, 1.54) is 13.2 Å². The predicted molar refractivity (Wildman–Crippen MR) is 69.6 cm³/mol. The van der Waals surface area contributed by atoms with Gasteiger partial charge in [-0.1, -0.05) is 28.9 Å². The summed E-state index contributed by atoms with van der Waals surface area (Å²) in [5, 5.41) is 10.8. The van der Waals surface area contributed by atoms with Gasteiger partial charge in [0.1, 0.15) is 0 Å². The summed E-state index contributed by atoms with van der Waals surface area (Å²) in [5.74, 6) is 0.365. The second kappa shape index (κ2) is 5.97. The molecule has 0 saturated carbocycles. The van der Waals surface area contributed by atoms with Crippen molar-refractivity contribution in [1.29, 1.82) is 0 Å². The average molecular weight is 303 g/mol. The standard InChI is InChI=1S/C11H15BrN2O3/c1-3-8(11(12)13)7-4-5-9(14(15)16)10(6-7)17-2/h4-6,8,11H,3,13H2,1-2H3. The van der Waals surface area contributed by atoms with Gasteiger partial charge >= 0.3 is 5.69 Å². The van der Waals surface area contributed by atoms with Crippen LogP contribution >= 0.6 is 15.9 Å². The van der Waals surface area contributed by atoms with E-state index in [0.717, 1.165) is 12.0 Å². The number of methoxy groups -OCH3 is 1. The zero-order chi connectivity index (χ0) is 13.0. The molecule has 0 radical (unpaired) electrons. The molecular weight excluding hydrogens is 288 g/mol. The third-order valence-electron chi connectivity index (χ3n) is 2.65. The van der Waals surface area contributed by atoms with Gasteiger partial charge in [0.25, 0.3) is 0 Å². The minimum absolute atomic E-state index is 0.0331. The smallest absolute Gasteiger partial charge is 0.310 e. The average Bonchev–Trinajstić information content (AvgIpc) is 2.28. The van der Waals surface area contributed by atoms with Crippen LogP contribution in [0.25, 0.3) is 0 Å². The van der Waals surface area contributed by atoms with Crippen molar-refractivity contribution >= 4 is 21.6 Å². The number of nitrogens with zero attached hydrogens (tertiary/aromatic N) is 1. The van der Waals surface area contributed by atoms with Crippen LogP contribution in [0.15, 0.2) is 18.2 Å². The fraction of sp³-hybridized carbons (Fsp3) is 0.455. The van der Waals surface area contributed by atoms with Crippen molar-refractivity contribution < 1.29 is 9.66 Å². The van der Waals surface area contributed by atoms with E-state index in [4.69, 9.17) is 10.5 Å². The monoisotopic (exact) mass is 302 g/mol. The van der Waals surface area contributed by atoms with Gasteiger partial charge in [-0.05, 0) is 18.1 Å². The van der Waals surface area contributed by atoms with Gasteiger partial charge in [0.05, 0.1) is 17.0 Å². The SMILES string of the molecule is CCC(c1ccc([N+](=O)[O-])c(OC)c1)C(N)Br. The van der Waals surface area contributed by atoms with Crippen molar-refractivity contribution in [3.05, 3.63) is 33.9 Å². The fourth-order valence-electron chi connectivity index (χ4n) is 1.72. The Bertz CT molecular complexity index is 410. The maximum absolute atomic E-state index is 10.8. The van der Waals surface area contributed by atoms with Gasteiger partial charge in [0, 0.05) is 12.0 Å². The molecule has 0 spiro atoms. The summed E-state index contributed by atoms with van der Waals surface area (Å²) in [6.07, 6.45) is 0.841. The van der Waals surface area contributed by atoms with E-state index in [1.54, 1.807) is 12.1 Å². The molecule has 94 valence electrons. The molecule has 0 saturated heterocycles. The van der Waals surface area contributed by atoms with Gasteiger partial charge in [-0.3, -0.25) is 10.1 Å². The van der Waals surface area contributed by atoms with E-state index in [9.17, 15) is 10.1 Å². The first-order chi connectivity index (χ1) is 8.01.